The molecular formula is C36H39N5O6Si. The fourth-order valence-corrected chi connectivity index (χ4v) is 10.4. The third-order valence-electron chi connectivity index (χ3n) is 9.78. The third-order valence-corrected chi connectivity index (χ3v) is 12.3. The number of hydrogen-bond donors (Lipinski definition) is 2. The van der Waals surface area contributed by atoms with E-state index in [9.17, 15) is 19.5 Å². The number of carbonyl (C=O) groups excluding carboxylic acids is 2. The molecule has 0 aliphatic carbocycles. The Balaban J connectivity index is 1.33. The number of aryl methyl sites for hydroxylation is 1. The summed E-state index contributed by atoms with van der Waals surface area (Å²) >= 11 is 0. The lowest BCUT2D eigenvalue weighted by molar-refractivity contribution is -0.145. The molecule has 2 N–H and O–H groups in total. The van der Waals surface area contributed by atoms with Crippen LogP contribution < -0.4 is 14.5 Å². The van der Waals surface area contributed by atoms with Crippen molar-refractivity contribution in [2.75, 3.05) is 23.0 Å². The lowest BCUT2D eigenvalue weighted by Gasteiger charge is -2.32. The van der Waals surface area contributed by atoms with Crippen LogP contribution >= 0.6 is 0 Å². The van der Waals surface area contributed by atoms with E-state index in [-0.39, 0.29) is 36.4 Å². The lowest BCUT2D eigenvalue weighted by atomic mass is 9.82. The topological polar surface area (TPSA) is 130 Å². The van der Waals surface area contributed by atoms with E-state index in [1.54, 1.807) is 45.0 Å². The molecule has 11 nitrogen and oxygen atoms in total. The van der Waals surface area contributed by atoms with Crippen molar-refractivity contribution in [1.82, 2.24) is 15.0 Å². The van der Waals surface area contributed by atoms with Gasteiger partial charge in [-0.15, -0.1) is 11.7 Å². The smallest absolute Gasteiger partial charge is 0.266 e. The quantitative estimate of drug-likeness (QED) is 0.182. The zero-order valence-electron chi connectivity index (χ0n) is 27.2. The molecule has 1 spiro atoms. The summed E-state index contributed by atoms with van der Waals surface area (Å²) in [5, 5.41) is 17.6. The minimum atomic E-state index is -2.91. The van der Waals surface area contributed by atoms with Crippen molar-refractivity contribution >= 4 is 37.2 Å². The maximum atomic E-state index is 14.7. The fraction of sp³-hybridized carbons (Fsp3) is 0.333. The van der Waals surface area contributed by atoms with Crippen LogP contribution in [0.4, 0.5) is 17.1 Å². The monoisotopic (exact) mass is 665 g/mol. The molecule has 3 aromatic carbocycles. The first-order valence-electron chi connectivity index (χ1n) is 16.3. The Kier molecular flexibility index (Phi) is 8.07. The van der Waals surface area contributed by atoms with E-state index in [1.807, 2.05) is 68.5 Å². The highest BCUT2D eigenvalue weighted by Crippen LogP contribution is 2.60. The number of anilines is 3. The number of aliphatic hydroxyl groups excluding tert-OH is 1. The molecule has 0 saturated carbocycles. The third kappa shape index (κ3) is 5.07. The molecule has 3 aliphatic rings. The van der Waals surface area contributed by atoms with Gasteiger partial charge in [0.25, 0.3) is 11.8 Å². The van der Waals surface area contributed by atoms with Gasteiger partial charge in [0.2, 0.25) is 0 Å². The second kappa shape index (κ2) is 12.1. The van der Waals surface area contributed by atoms with Crippen molar-refractivity contribution < 1.29 is 29.0 Å². The summed E-state index contributed by atoms with van der Waals surface area (Å²) < 4.78 is 14.9. The molecule has 0 bridgehead atoms. The molecule has 7 rings (SSSR count). The number of aliphatic hydroxyl groups is 1. The highest BCUT2D eigenvalue weighted by atomic mass is 28.4. The lowest BCUT2D eigenvalue weighted by Crippen LogP contribution is -2.46. The molecule has 12 heteroatoms. The first kappa shape index (κ1) is 31.9. The Morgan fingerprint density at radius 2 is 1.79 bits per heavy atom. The number of aromatic nitrogens is 3. The number of nitrogens with zero attached hydrogens (tertiary/aromatic N) is 5. The molecular weight excluding hydrogens is 627 g/mol. The van der Waals surface area contributed by atoms with E-state index >= 15 is 0 Å². The van der Waals surface area contributed by atoms with Crippen molar-refractivity contribution in [2.24, 2.45) is 5.92 Å². The van der Waals surface area contributed by atoms with E-state index in [0.29, 0.717) is 64.8 Å². The summed E-state index contributed by atoms with van der Waals surface area (Å²) in [5.74, 6) is 0.138. The SMILES string of the molecule is C=CCN1C(=O)[C@]2(O[C@H](CCn3cc(CCO)nn3)[C@@H]([Si](C)(C)O)[C@@H]2C)c2cc(N3C(=O)c4ccccc4Oc4ccccc43)ccc21. The standard InChI is InChI=1S/C36H39N5O6Si/c1-5-18-40-28-15-14-25(41-29-11-7-9-13-31(29)46-30-12-8-6-10-26(30)34(41)43)21-27(28)36(35(40)44)23(2)33(48(3,4)45)32(47-36)16-19-39-22-24(17-20-42)37-38-39/h5-15,21-23,32-33,42,45H,1,16-20H2,2-4H3/t23-,32+,33-,36+/m0/s1. The van der Waals surface area contributed by atoms with Crippen LogP contribution in [-0.4, -0.2) is 64.3 Å². The van der Waals surface area contributed by atoms with Gasteiger partial charge in [-0.05, 0) is 62.0 Å². The predicted octanol–water partition coefficient (Wildman–Crippen LogP) is 5.32. The summed E-state index contributed by atoms with van der Waals surface area (Å²) in [6.45, 7) is 10.4. The number of fused-ring (bicyclic) bond motifs is 4. The van der Waals surface area contributed by atoms with Gasteiger partial charge in [-0.2, -0.15) is 0 Å². The molecule has 0 radical (unpaired) electrons. The van der Waals surface area contributed by atoms with Crippen LogP contribution in [0.3, 0.4) is 0 Å². The average Bonchev–Trinajstić information content (AvgIpc) is 3.68. The Bertz CT molecular complexity index is 1910. The van der Waals surface area contributed by atoms with Gasteiger partial charge in [0.05, 0.1) is 28.7 Å². The van der Waals surface area contributed by atoms with Crippen LogP contribution in [0, 0.1) is 5.92 Å². The maximum absolute atomic E-state index is 14.7. The van der Waals surface area contributed by atoms with Gasteiger partial charge in [0.15, 0.2) is 19.7 Å². The highest BCUT2D eigenvalue weighted by molar-refractivity contribution is 6.71. The minimum absolute atomic E-state index is 0.0182. The summed E-state index contributed by atoms with van der Waals surface area (Å²) in [6.07, 6.45) is 3.93. The van der Waals surface area contributed by atoms with E-state index in [1.165, 1.54) is 0 Å². The number of rotatable bonds is 9. The van der Waals surface area contributed by atoms with Crippen molar-refractivity contribution in [3.05, 3.63) is 102 Å². The Labute approximate surface area is 280 Å². The number of benzene rings is 3. The summed E-state index contributed by atoms with van der Waals surface area (Å²) in [4.78, 5) is 43.9. The number of amides is 2. The predicted molar refractivity (Wildman–Crippen MR) is 183 cm³/mol. The number of hydrogen-bond acceptors (Lipinski definition) is 8. The van der Waals surface area contributed by atoms with Crippen LogP contribution in [0.2, 0.25) is 18.6 Å². The molecule has 0 unspecified atom stereocenters. The Morgan fingerprint density at radius 1 is 1.04 bits per heavy atom. The fourth-order valence-electron chi connectivity index (χ4n) is 7.79. The molecule has 1 saturated heterocycles. The number of carbonyl (C=O) groups is 2. The number of para-hydroxylation sites is 3. The van der Waals surface area contributed by atoms with Gasteiger partial charge >= 0.3 is 0 Å². The highest BCUT2D eigenvalue weighted by Gasteiger charge is 2.66. The maximum Gasteiger partial charge on any atom is 0.266 e. The van der Waals surface area contributed by atoms with Crippen molar-refractivity contribution in [1.29, 1.82) is 0 Å². The summed E-state index contributed by atoms with van der Waals surface area (Å²) in [5.41, 5.74) is 1.90. The second-order valence-electron chi connectivity index (χ2n) is 13.2. The largest absolute Gasteiger partial charge is 0.454 e. The van der Waals surface area contributed by atoms with Crippen LogP contribution in [-0.2, 0) is 28.1 Å². The van der Waals surface area contributed by atoms with Crippen molar-refractivity contribution in [3.63, 3.8) is 0 Å². The minimum Gasteiger partial charge on any atom is -0.454 e. The van der Waals surface area contributed by atoms with Crippen LogP contribution in [0.1, 0.15) is 35.0 Å². The van der Waals surface area contributed by atoms with Gasteiger partial charge in [-0.25, -0.2) is 0 Å². The van der Waals surface area contributed by atoms with Gasteiger partial charge < -0.3 is 24.3 Å². The normalized spacial score (nSPS) is 23.1. The van der Waals surface area contributed by atoms with Gasteiger partial charge in [0.1, 0.15) is 5.75 Å². The van der Waals surface area contributed by atoms with E-state index in [4.69, 9.17) is 9.47 Å². The zero-order valence-corrected chi connectivity index (χ0v) is 28.2. The van der Waals surface area contributed by atoms with E-state index in [0.717, 1.165) is 0 Å². The molecule has 4 aromatic rings. The van der Waals surface area contributed by atoms with Crippen LogP contribution in [0.25, 0.3) is 0 Å². The molecule has 248 valence electrons. The summed E-state index contributed by atoms with van der Waals surface area (Å²) in [7, 11) is -2.91. The summed E-state index contributed by atoms with van der Waals surface area (Å²) in [6, 6.07) is 20.1. The first-order chi connectivity index (χ1) is 23.1. The molecule has 2 amide bonds. The van der Waals surface area contributed by atoms with Crippen molar-refractivity contribution in [3.8, 4) is 11.5 Å². The van der Waals surface area contributed by atoms with Crippen LogP contribution in [0.15, 0.2) is 85.6 Å². The Hall–Kier alpha value is -4.62. The number of ether oxygens (including phenoxy) is 2. The molecule has 3 aliphatic heterocycles. The van der Waals surface area contributed by atoms with Gasteiger partial charge in [0, 0.05) is 55.0 Å². The van der Waals surface area contributed by atoms with Gasteiger partial charge in [-0.3, -0.25) is 19.2 Å². The van der Waals surface area contributed by atoms with Gasteiger partial charge in [-0.1, -0.05) is 42.5 Å². The second-order valence-corrected chi connectivity index (χ2v) is 17.2. The zero-order chi connectivity index (χ0) is 33.8. The first-order valence-corrected chi connectivity index (χ1v) is 19.3. The van der Waals surface area contributed by atoms with Crippen LogP contribution in [0.5, 0.6) is 11.5 Å². The average molecular weight is 666 g/mol. The molecule has 1 aromatic heterocycles. The van der Waals surface area contributed by atoms with E-state index < -0.39 is 20.0 Å². The molecule has 4 heterocycles. The molecule has 1 fully saturated rings. The molecule has 4 atom stereocenters. The Morgan fingerprint density at radius 3 is 2.54 bits per heavy atom. The van der Waals surface area contributed by atoms with E-state index in [2.05, 4.69) is 16.9 Å². The molecule has 48 heavy (non-hydrogen) atoms. The van der Waals surface area contributed by atoms with Crippen molar-refractivity contribution in [2.45, 2.75) is 56.7 Å².